The minimum Gasteiger partial charge on any atom is -0.497 e. The van der Waals surface area contributed by atoms with Crippen LogP contribution < -0.4 is 10.1 Å². The van der Waals surface area contributed by atoms with E-state index in [-0.39, 0.29) is 11.8 Å². The van der Waals surface area contributed by atoms with Crippen molar-refractivity contribution in [1.82, 2.24) is 9.88 Å². The Morgan fingerprint density at radius 1 is 1.17 bits per heavy atom. The van der Waals surface area contributed by atoms with E-state index >= 15 is 0 Å². The largest absolute Gasteiger partial charge is 0.497 e. The van der Waals surface area contributed by atoms with Crippen LogP contribution in [0.15, 0.2) is 48.7 Å². The van der Waals surface area contributed by atoms with Crippen molar-refractivity contribution in [3.05, 3.63) is 65.4 Å². The maximum atomic E-state index is 12.7. The third-order valence-corrected chi connectivity index (χ3v) is 5.50. The molecule has 2 aromatic rings. The molecule has 1 aromatic carbocycles. The number of anilines is 1. The molecule has 1 N–H and O–H groups in total. The predicted molar refractivity (Wildman–Crippen MR) is 117 cm³/mol. The summed E-state index contributed by atoms with van der Waals surface area (Å²) in [6.45, 7) is 1.40. The fraction of sp³-hybridized carbons (Fsp3) is 0.292. The quantitative estimate of drug-likeness (QED) is 0.791. The number of nitrogens with one attached hydrogen (secondary N) is 1. The number of nitrogens with zero attached hydrogens (tertiary/aromatic N) is 2. The van der Waals surface area contributed by atoms with Gasteiger partial charge in [-0.25, -0.2) is 4.98 Å². The molecule has 2 amide bonds. The van der Waals surface area contributed by atoms with E-state index in [1.165, 1.54) is 11.1 Å². The summed E-state index contributed by atoms with van der Waals surface area (Å²) in [6.07, 6.45) is 10.1. The van der Waals surface area contributed by atoms with E-state index in [0.29, 0.717) is 31.7 Å². The van der Waals surface area contributed by atoms with Crippen LogP contribution >= 0.6 is 0 Å². The summed E-state index contributed by atoms with van der Waals surface area (Å²) < 4.78 is 5.23. The Morgan fingerprint density at radius 2 is 2.00 bits per heavy atom. The van der Waals surface area contributed by atoms with Gasteiger partial charge in [0.15, 0.2) is 0 Å². The van der Waals surface area contributed by atoms with E-state index in [0.717, 1.165) is 29.7 Å². The summed E-state index contributed by atoms with van der Waals surface area (Å²) in [5.41, 5.74) is 4.31. The van der Waals surface area contributed by atoms with Crippen molar-refractivity contribution in [3.8, 4) is 5.75 Å². The van der Waals surface area contributed by atoms with Crippen molar-refractivity contribution < 1.29 is 14.3 Å². The summed E-state index contributed by atoms with van der Waals surface area (Å²) in [5, 5.41) is 2.77. The smallest absolute Gasteiger partial charge is 0.246 e. The molecule has 0 bridgehead atoms. The Morgan fingerprint density at radius 3 is 2.80 bits per heavy atom. The van der Waals surface area contributed by atoms with Crippen LogP contribution in [-0.4, -0.2) is 41.9 Å². The van der Waals surface area contributed by atoms with Crippen molar-refractivity contribution >= 4 is 29.3 Å². The molecule has 0 atom stereocenters. The highest BCUT2D eigenvalue weighted by molar-refractivity contribution is 5.94. The van der Waals surface area contributed by atoms with E-state index in [2.05, 4.69) is 28.5 Å². The van der Waals surface area contributed by atoms with E-state index < -0.39 is 0 Å². The van der Waals surface area contributed by atoms with Gasteiger partial charge in [-0.3, -0.25) is 9.59 Å². The number of aromatic nitrogens is 1. The molecule has 0 saturated carbocycles. The lowest BCUT2D eigenvalue weighted by molar-refractivity contribution is -0.125. The van der Waals surface area contributed by atoms with Gasteiger partial charge in [0.1, 0.15) is 11.6 Å². The molecular weight excluding hydrogens is 378 g/mol. The number of ether oxygens (including phenoxy) is 1. The van der Waals surface area contributed by atoms with Gasteiger partial charge in [-0.2, -0.15) is 0 Å². The maximum Gasteiger partial charge on any atom is 0.246 e. The first-order chi connectivity index (χ1) is 14.6. The molecule has 2 aliphatic heterocycles. The van der Waals surface area contributed by atoms with E-state index in [1.807, 2.05) is 23.1 Å². The SMILES string of the molecule is COc1ccc(C2=CCCN(C(=O)/C=C/c3cnc4c(c3)CCC(=O)N4)CC2)cc1. The van der Waals surface area contributed by atoms with Gasteiger partial charge in [-0.05, 0) is 65.8 Å². The molecule has 1 aromatic heterocycles. The van der Waals surface area contributed by atoms with E-state index in [1.54, 1.807) is 25.5 Å². The van der Waals surface area contributed by atoms with Gasteiger partial charge in [0.25, 0.3) is 0 Å². The van der Waals surface area contributed by atoms with Crippen molar-refractivity contribution in [1.29, 1.82) is 0 Å². The number of methoxy groups -OCH3 is 1. The van der Waals surface area contributed by atoms with Gasteiger partial charge < -0.3 is 15.0 Å². The number of pyridine rings is 1. The number of aryl methyl sites for hydroxylation is 1. The first kappa shape index (κ1) is 19.9. The lowest BCUT2D eigenvalue weighted by atomic mass is 10.0. The van der Waals surface area contributed by atoms with E-state index in [4.69, 9.17) is 4.74 Å². The molecule has 3 heterocycles. The number of benzene rings is 1. The first-order valence-corrected chi connectivity index (χ1v) is 10.2. The van der Waals surface area contributed by atoms with Crippen molar-refractivity contribution in [2.75, 3.05) is 25.5 Å². The standard InChI is InChI=1S/C24H25N3O3/c1-30-21-8-5-19(6-9-21)18-3-2-13-27(14-12-18)23(29)11-4-17-15-20-7-10-22(28)26-24(20)25-16-17/h3-6,8-9,11,15-16H,2,7,10,12-14H2,1H3,(H,25,26,28)/b11-4+. The molecule has 0 aliphatic carbocycles. The Bertz CT molecular complexity index is 1010. The van der Waals surface area contributed by atoms with Gasteiger partial charge in [-0.1, -0.05) is 18.2 Å². The molecule has 0 saturated heterocycles. The van der Waals surface area contributed by atoms with Gasteiger partial charge >= 0.3 is 0 Å². The topological polar surface area (TPSA) is 71.5 Å². The lowest BCUT2D eigenvalue weighted by Gasteiger charge is -2.19. The van der Waals surface area contributed by atoms with Crippen LogP contribution in [0.1, 0.15) is 36.0 Å². The molecule has 0 unspecified atom stereocenters. The Kier molecular flexibility index (Phi) is 5.93. The van der Waals surface area contributed by atoms with Gasteiger partial charge in [0.2, 0.25) is 11.8 Å². The molecule has 2 aliphatic rings. The van der Waals surface area contributed by atoms with Crippen LogP contribution in [-0.2, 0) is 16.0 Å². The predicted octanol–water partition coefficient (Wildman–Crippen LogP) is 3.69. The van der Waals surface area contributed by atoms with Gasteiger partial charge in [0, 0.05) is 31.8 Å². The van der Waals surface area contributed by atoms with Crippen LogP contribution in [0.3, 0.4) is 0 Å². The number of fused-ring (bicyclic) bond motifs is 1. The number of rotatable bonds is 4. The zero-order valence-corrected chi connectivity index (χ0v) is 17.1. The second kappa shape index (κ2) is 8.95. The molecule has 0 radical (unpaired) electrons. The molecule has 6 nitrogen and oxygen atoms in total. The maximum absolute atomic E-state index is 12.7. The van der Waals surface area contributed by atoms with Crippen LogP contribution in [0.2, 0.25) is 0 Å². The fourth-order valence-electron chi connectivity index (χ4n) is 3.79. The minimum atomic E-state index is -0.00254. The molecule has 154 valence electrons. The zero-order chi connectivity index (χ0) is 20.9. The summed E-state index contributed by atoms with van der Waals surface area (Å²) >= 11 is 0. The van der Waals surface area contributed by atoms with E-state index in [9.17, 15) is 9.59 Å². The highest BCUT2D eigenvalue weighted by Crippen LogP contribution is 2.25. The van der Waals surface area contributed by atoms with Crippen molar-refractivity contribution in [3.63, 3.8) is 0 Å². The number of hydrogen-bond acceptors (Lipinski definition) is 4. The number of hydrogen-bond donors (Lipinski definition) is 1. The summed E-state index contributed by atoms with van der Waals surface area (Å²) in [6, 6.07) is 10.0. The Labute approximate surface area is 176 Å². The summed E-state index contributed by atoms with van der Waals surface area (Å²) in [4.78, 5) is 30.3. The van der Waals surface area contributed by atoms with Crippen molar-refractivity contribution in [2.45, 2.75) is 25.7 Å². The average Bonchev–Trinajstić information content (AvgIpc) is 3.04. The third-order valence-electron chi connectivity index (χ3n) is 5.50. The van der Waals surface area contributed by atoms with Crippen LogP contribution in [0.5, 0.6) is 5.75 Å². The number of amides is 2. The molecular formula is C24H25N3O3. The van der Waals surface area contributed by atoms with Crippen molar-refractivity contribution in [2.24, 2.45) is 0 Å². The molecule has 0 fully saturated rings. The van der Waals surface area contributed by atoms with Crippen LogP contribution in [0.4, 0.5) is 5.82 Å². The first-order valence-electron chi connectivity index (χ1n) is 10.2. The third kappa shape index (κ3) is 4.59. The normalized spacial score (nSPS) is 16.5. The minimum absolute atomic E-state index is 0.00254. The average molecular weight is 403 g/mol. The lowest BCUT2D eigenvalue weighted by Crippen LogP contribution is -2.30. The van der Waals surface area contributed by atoms with Crippen LogP contribution in [0, 0.1) is 0 Å². The second-order valence-corrected chi connectivity index (χ2v) is 7.48. The molecule has 4 rings (SSSR count). The molecule has 30 heavy (non-hydrogen) atoms. The highest BCUT2D eigenvalue weighted by atomic mass is 16.5. The van der Waals surface area contributed by atoms with Gasteiger partial charge in [0.05, 0.1) is 7.11 Å². The number of carbonyl (C=O) groups is 2. The zero-order valence-electron chi connectivity index (χ0n) is 17.1. The highest BCUT2D eigenvalue weighted by Gasteiger charge is 2.17. The van der Waals surface area contributed by atoms with Crippen LogP contribution in [0.25, 0.3) is 11.6 Å². The fourth-order valence-corrected chi connectivity index (χ4v) is 3.79. The Balaban J connectivity index is 1.37. The monoisotopic (exact) mass is 403 g/mol. The number of carbonyl (C=O) groups excluding carboxylic acids is 2. The summed E-state index contributed by atoms with van der Waals surface area (Å²) in [7, 11) is 1.66. The molecule has 6 heteroatoms. The Hall–Kier alpha value is -3.41. The summed E-state index contributed by atoms with van der Waals surface area (Å²) in [5.74, 6) is 1.47. The van der Waals surface area contributed by atoms with Gasteiger partial charge in [-0.15, -0.1) is 0 Å². The molecule has 0 spiro atoms. The second-order valence-electron chi connectivity index (χ2n) is 7.48.